The van der Waals surface area contributed by atoms with Gasteiger partial charge in [0.2, 0.25) is 0 Å². The van der Waals surface area contributed by atoms with Crippen molar-refractivity contribution in [1.29, 1.82) is 0 Å². The van der Waals surface area contributed by atoms with Gasteiger partial charge in [0.05, 0.1) is 0 Å². The molecule has 0 aromatic heterocycles. The molecule has 0 aliphatic heterocycles. The fourth-order valence-corrected chi connectivity index (χ4v) is 3.99. The van der Waals surface area contributed by atoms with E-state index in [0.29, 0.717) is 44.5 Å². The van der Waals surface area contributed by atoms with Crippen LogP contribution in [0.5, 0.6) is 0 Å². The van der Waals surface area contributed by atoms with Crippen LogP contribution < -0.4 is 0 Å². The highest BCUT2D eigenvalue weighted by atomic mass is 16.1. The van der Waals surface area contributed by atoms with Crippen LogP contribution in [0.2, 0.25) is 0 Å². The summed E-state index contributed by atoms with van der Waals surface area (Å²) < 4.78 is 0. The summed E-state index contributed by atoms with van der Waals surface area (Å²) in [6, 6.07) is 19.5. The number of rotatable bonds is 1. The molecule has 3 aromatic carbocycles. The van der Waals surface area contributed by atoms with E-state index in [-0.39, 0.29) is 30.6 Å². The number of hydrogen-bond acceptors (Lipinski definition) is 4. The largest absolute Gasteiger partial charge is 0.289 e. The second-order valence-corrected chi connectivity index (χ2v) is 7.89. The minimum Gasteiger partial charge on any atom is -0.289 e. The van der Waals surface area contributed by atoms with Crippen LogP contribution in [-0.2, 0) is 6.42 Å². The van der Waals surface area contributed by atoms with Crippen LogP contribution in [0.3, 0.4) is 0 Å². The van der Waals surface area contributed by atoms with Crippen LogP contribution in [-0.4, -0.2) is 23.1 Å². The lowest BCUT2D eigenvalue weighted by Gasteiger charge is -2.17. The maximum Gasteiger partial charge on any atom is 0.194 e. The summed E-state index contributed by atoms with van der Waals surface area (Å²) in [5, 5.41) is 0. The first-order chi connectivity index (χ1) is 15.3. The number of carbonyl (C=O) groups excluding carboxylic acids is 4. The molecule has 2 aliphatic rings. The van der Waals surface area contributed by atoms with Crippen LogP contribution in [0.25, 0.3) is 0 Å². The van der Waals surface area contributed by atoms with E-state index in [1.54, 1.807) is 68.4 Å². The molecule has 2 aliphatic carbocycles. The summed E-state index contributed by atoms with van der Waals surface area (Å²) in [5.41, 5.74) is 5.36. The smallest absolute Gasteiger partial charge is 0.194 e. The third kappa shape index (κ3) is 4.00. The molecule has 0 bridgehead atoms. The lowest BCUT2D eigenvalue weighted by Crippen LogP contribution is -2.20. The second kappa shape index (κ2) is 9.29. The quantitative estimate of drug-likeness (QED) is 0.362. The normalized spacial score (nSPS) is 13.9. The van der Waals surface area contributed by atoms with Crippen molar-refractivity contribution in [2.45, 2.75) is 34.6 Å². The number of allylic oxidation sites excluding steroid dienone is 2. The molecule has 0 amide bonds. The summed E-state index contributed by atoms with van der Waals surface area (Å²) in [5.74, 6) is -0.159. The van der Waals surface area contributed by atoms with Crippen LogP contribution in [0, 0.1) is 0 Å². The molecular formula is C29H26O4. The summed E-state index contributed by atoms with van der Waals surface area (Å²) >= 11 is 0. The lowest BCUT2D eigenvalue weighted by atomic mass is 9.83. The van der Waals surface area contributed by atoms with E-state index in [1.165, 1.54) is 0 Å². The SMILES string of the molecule is C.CC1=C(C)C(=O)c2ccccc2C1=O.CCc1ccc2c(c1)C(=O)c1ccccc1C2=O. The number of ketones is 4. The van der Waals surface area contributed by atoms with Gasteiger partial charge >= 0.3 is 0 Å². The van der Waals surface area contributed by atoms with Gasteiger partial charge in [0, 0.05) is 44.5 Å². The van der Waals surface area contributed by atoms with Gasteiger partial charge in [0.1, 0.15) is 0 Å². The third-order valence-corrected chi connectivity index (χ3v) is 6.06. The number of hydrogen-bond donors (Lipinski definition) is 0. The Kier molecular flexibility index (Phi) is 6.68. The summed E-state index contributed by atoms with van der Waals surface area (Å²) in [4.78, 5) is 48.2. The Morgan fingerprint density at radius 2 is 0.879 bits per heavy atom. The number of carbonyl (C=O) groups is 4. The van der Waals surface area contributed by atoms with Crippen molar-refractivity contribution in [3.63, 3.8) is 0 Å². The van der Waals surface area contributed by atoms with Crippen molar-refractivity contribution in [2.75, 3.05) is 0 Å². The minimum absolute atomic E-state index is 0. The van der Waals surface area contributed by atoms with Gasteiger partial charge in [-0.3, -0.25) is 19.2 Å². The molecule has 0 N–H and O–H groups in total. The first-order valence-electron chi connectivity index (χ1n) is 10.5. The van der Waals surface area contributed by atoms with Gasteiger partial charge in [0.15, 0.2) is 23.1 Å². The Morgan fingerprint density at radius 3 is 1.30 bits per heavy atom. The van der Waals surface area contributed by atoms with E-state index in [4.69, 9.17) is 0 Å². The standard InChI is InChI=1S/C16H12O2.C12H10O2.CH4/c1-2-10-7-8-13-14(9-10)16(18)12-6-4-3-5-11(12)15(13)17;1-7-8(2)12(14)10-6-4-3-5-9(10)11(7)13;/h3-9H,2H2,1H3;3-6H,1-2H3;1H4. The molecule has 0 unspecified atom stereocenters. The van der Waals surface area contributed by atoms with Gasteiger partial charge in [-0.1, -0.05) is 75.0 Å². The van der Waals surface area contributed by atoms with Crippen molar-refractivity contribution < 1.29 is 19.2 Å². The van der Waals surface area contributed by atoms with Crippen LogP contribution >= 0.6 is 0 Å². The molecule has 5 rings (SSSR count). The highest BCUT2D eigenvalue weighted by Gasteiger charge is 2.29. The molecule has 0 saturated carbocycles. The van der Waals surface area contributed by atoms with E-state index >= 15 is 0 Å². The van der Waals surface area contributed by atoms with E-state index < -0.39 is 0 Å². The highest BCUT2D eigenvalue weighted by Crippen LogP contribution is 2.28. The average Bonchev–Trinajstić information content (AvgIpc) is 2.84. The van der Waals surface area contributed by atoms with Crippen molar-refractivity contribution in [2.24, 2.45) is 0 Å². The topological polar surface area (TPSA) is 68.3 Å². The Balaban J connectivity index is 0.000000186. The lowest BCUT2D eigenvalue weighted by molar-refractivity contribution is 0.0975. The molecule has 4 heteroatoms. The van der Waals surface area contributed by atoms with Crippen molar-refractivity contribution in [3.8, 4) is 0 Å². The van der Waals surface area contributed by atoms with Gasteiger partial charge in [-0.05, 0) is 31.9 Å². The first-order valence-corrected chi connectivity index (χ1v) is 10.5. The molecule has 0 saturated heterocycles. The Morgan fingerprint density at radius 1 is 0.515 bits per heavy atom. The Labute approximate surface area is 194 Å². The molecule has 0 atom stereocenters. The summed E-state index contributed by atoms with van der Waals surface area (Å²) in [7, 11) is 0. The second-order valence-electron chi connectivity index (χ2n) is 7.89. The minimum atomic E-state index is -0.0529. The molecule has 4 nitrogen and oxygen atoms in total. The van der Waals surface area contributed by atoms with Crippen molar-refractivity contribution in [1.82, 2.24) is 0 Å². The van der Waals surface area contributed by atoms with E-state index in [0.717, 1.165) is 12.0 Å². The zero-order valence-electron chi connectivity index (χ0n) is 18.2. The van der Waals surface area contributed by atoms with Gasteiger partial charge in [-0.15, -0.1) is 0 Å². The Hall–Kier alpha value is -3.92. The number of benzene rings is 3. The maximum atomic E-state index is 12.4. The third-order valence-electron chi connectivity index (χ3n) is 6.06. The number of Topliss-reactive ketones (excluding diaryl/α,β-unsaturated/α-hetero) is 2. The van der Waals surface area contributed by atoms with Crippen molar-refractivity contribution >= 4 is 23.1 Å². The van der Waals surface area contributed by atoms with Crippen LogP contribution in [0.1, 0.15) is 86.3 Å². The maximum absolute atomic E-state index is 12.4. The van der Waals surface area contributed by atoms with E-state index in [1.807, 2.05) is 19.1 Å². The number of fused-ring (bicyclic) bond motifs is 3. The van der Waals surface area contributed by atoms with Crippen LogP contribution in [0.15, 0.2) is 77.9 Å². The summed E-state index contributed by atoms with van der Waals surface area (Å²) in [6.07, 6.45) is 0.858. The average molecular weight is 439 g/mol. The van der Waals surface area contributed by atoms with E-state index in [2.05, 4.69) is 0 Å². The molecule has 166 valence electrons. The highest BCUT2D eigenvalue weighted by molar-refractivity contribution is 6.28. The molecular weight excluding hydrogens is 412 g/mol. The molecule has 0 radical (unpaired) electrons. The molecule has 0 spiro atoms. The fraction of sp³-hybridized carbons (Fsp3) is 0.172. The summed E-state index contributed by atoms with van der Waals surface area (Å²) in [6.45, 7) is 5.43. The van der Waals surface area contributed by atoms with Gasteiger partial charge in [-0.2, -0.15) is 0 Å². The number of aryl methyl sites for hydroxylation is 1. The zero-order valence-corrected chi connectivity index (χ0v) is 18.2. The predicted molar refractivity (Wildman–Crippen MR) is 129 cm³/mol. The fourth-order valence-electron chi connectivity index (χ4n) is 3.99. The Bertz CT molecular complexity index is 1300. The molecule has 0 heterocycles. The molecule has 3 aromatic rings. The molecule has 33 heavy (non-hydrogen) atoms. The van der Waals surface area contributed by atoms with Gasteiger partial charge < -0.3 is 0 Å². The zero-order chi connectivity index (χ0) is 23.0. The van der Waals surface area contributed by atoms with Crippen LogP contribution in [0.4, 0.5) is 0 Å². The van der Waals surface area contributed by atoms with Gasteiger partial charge in [-0.25, -0.2) is 0 Å². The van der Waals surface area contributed by atoms with Crippen molar-refractivity contribution in [3.05, 3.63) is 117 Å². The predicted octanol–water partition coefficient (Wildman–Crippen LogP) is 6.06. The van der Waals surface area contributed by atoms with E-state index in [9.17, 15) is 19.2 Å². The monoisotopic (exact) mass is 438 g/mol. The molecule has 0 fully saturated rings. The van der Waals surface area contributed by atoms with Gasteiger partial charge in [0.25, 0.3) is 0 Å². The first kappa shape index (κ1) is 23.7.